The molecule has 0 fully saturated rings. The number of rotatable bonds is 3. The van der Waals surface area contributed by atoms with E-state index in [2.05, 4.69) is 4.98 Å². The summed E-state index contributed by atoms with van der Waals surface area (Å²) in [6.45, 7) is 0. The van der Waals surface area contributed by atoms with Gasteiger partial charge in [-0.3, -0.25) is 4.79 Å². The normalized spacial score (nSPS) is 10.1. The molecule has 1 amide bonds. The van der Waals surface area contributed by atoms with E-state index in [-0.39, 0.29) is 16.6 Å². The van der Waals surface area contributed by atoms with Crippen LogP contribution in [-0.4, -0.2) is 22.9 Å². The Bertz CT molecular complexity index is 658. The zero-order valence-electron chi connectivity index (χ0n) is 10.7. The number of hydrogen-bond acceptors (Lipinski definition) is 3. The molecule has 1 heterocycles. The minimum absolute atomic E-state index is 0.162. The molecule has 0 saturated carbocycles. The lowest BCUT2D eigenvalue weighted by molar-refractivity contribution is 0.0988. The number of halogens is 1. The van der Waals surface area contributed by atoms with E-state index in [1.54, 1.807) is 31.3 Å². The first-order valence-electron chi connectivity index (χ1n) is 5.78. The second kappa shape index (κ2) is 5.75. The number of anilines is 1. The number of benzene rings is 1. The van der Waals surface area contributed by atoms with Crippen molar-refractivity contribution in [2.75, 3.05) is 11.9 Å². The van der Waals surface area contributed by atoms with Crippen LogP contribution < -0.4 is 10.6 Å². The first-order chi connectivity index (χ1) is 9.49. The van der Waals surface area contributed by atoms with Crippen molar-refractivity contribution in [2.24, 2.45) is 5.73 Å². The van der Waals surface area contributed by atoms with E-state index >= 15 is 0 Å². The molecule has 0 spiro atoms. The van der Waals surface area contributed by atoms with E-state index in [0.29, 0.717) is 11.3 Å². The number of hydrogen-bond donors (Lipinski definition) is 1. The molecule has 6 heteroatoms. The second-order valence-electron chi connectivity index (χ2n) is 4.14. The third-order valence-electron chi connectivity index (χ3n) is 2.77. The summed E-state index contributed by atoms with van der Waals surface area (Å²) in [4.78, 5) is 17.6. The van der Waals surface area contributed by atoms with E-state index in [9.17, 15) is 9.18 Å². The monoisotopic (exact) mass is 289 g/mol. The van der Waals surface area contributed by atoms with Crippen LogP contribution in [0.5, 0.6) is 0 Å². The van der Waals surface area contributed by atoms with Gasteiger partial charge in [-0.15, -0.1) is 0 Å². The molecule has 2 N–H and O–H groups in total. The van der Waals surface area contributed by atoms with Gasteiger partial charge in [0.2, 0.25) is 0 Å². The van der Waals surface area contributed by atoms with Crippen LogP contribution in [0.25, 0.3) is 0 Å². The zero-order valence-corrected chi connectivity index (χ0v) is 11.5. The summed E-state index contributed by atoms with van der Waals surface area (Å²) in [6, 6.07) is 9.52. The minimum atomic E-state index is -0.486. The summed E-state index contributed by atoms with van der Waals surface area (Å²) in [5.74, 6) is -0.829. The summed E-state index contributed by atoms with van der Waals surface area (Å²) in [7, 11) is 1.60. The smallest absolute Gasteiger partial charge is 0.276 e. The van der Waals surface area contributed by atoms with Crippen LogP contribution in [0.15, 0.2) is 42.6 Å². The molecular weight excluding hydrogens is 277 g/mol. The summed E-state index contributed by atoms with van der Waals surface area (Å²) in [5, 5.41) is 0. The van der Waals surface area contributed by atoms with Crippen LogP contribution in [0.3, 0.4) is 0 Å². The van der Waals surface area contributed by atoms with Crippen molar-refractivity contribution >= 4 is 28.8 Å². The molecular formula is C14H12FN3OS. The molecule has 2 aromatic rings. The van der Waals surface area contributed by atoms with Crippen molar-refractivity contribution in [1.82, 2.24) is 4.98 Å². The molecule has 0 saturated heterocycles. The molecule has 20 heavy (non-hydrogen) atoms. The van der Waals surface area contributed by atoms with Gasteiger partial charge in [-0.1, -0.05) is 24.4 Å². The Morgan fingerprint density at radius 1 is 1.35 bits per heavy atom. The summed E-state index contributed by atoms with van der Waals surface area (Å²) >= 11 is 4.90. The highest BCUT2D eigenvalue weighted by Gasteiger charge is 2.15. The maximum atomic E-state index is 12.8. The van der Waals surface area contributed by atoms with Gasteiger partial charge in [0.15, 0.2) is 0 Å². The van der Waals surface area contributed by atoms with Gasteiger partial charge in [0.25, 0.3) is 5.91 Å². The molecule has 102 valence electrons. The first kappa shape index (κ1) is 14.1. The largest absolute Gasteiger partial charge is 0.389 e. The Morgan fingerprint density at radius 3 is 2.70 bits per heavy atom. The summed E-state index contributed by atoms with van der Waals surface area (Å²) < 4.78 is 12.8. The highest BCUT2D eigenvalue weighted by Crippen LogP contribution is 2.17. The SMILES string of the molecule is CN(C(=O)c1ccc(F)cn1)c1cccc(C(N)=S)c1. The van der Waals surface area contributed by atoms with Crippen LogP contribution in [0.2, 0.25) is 0 Å². The number of amides is 1. The van der Waals surface area contributed by atoms with Crippen molar-refractivity contribution in [1.29, 1.82) is 0 Å². The Labute approximate surface area is 121 Å². The summed E-state index contributed by atoms with van der Waals surface area (Å²) in [6.07, 6.45) is 1.01. The molecule has 0 radical (unpaired) electrons. The van der Waals surface area contributed by atoms with E-state index in [1.165, 1.54) is 17.0 Å². The van der Waals surface area contributed by atoms with Gasteiger partial charge in [-0.05, 0) is 24.3 Å². The lowest BCUT2D eigenvalue weighted by Gasteiger charge is -2.17. The van der Waals surface area contributed by atoms with Crippen LogP contribution >= 0.6 is 12.2 Å². The molecule has 1 aromatic carbocycles. The van der Waals surface area contributed by atoms with Crippen LogP contribution in [0, 0.1) is 5.82 Å². The number of pyridine rings is 1. The zero-order chi connectivity index (χ0) is 14.7. The molecule has 0 aliphatic carbocycles. The number of nitrogens with two attached hydrogens (primary N) is 1. The Hall–Kier alpha value is -2.34. The van der Waals surface area contributed by atoms with Gasteiger partial charge in [-0.2, -0.15) is 0 Å². The van der Waals surface area contributed by atoms with E-state index < -0.39 is 5.82 Å². The second-order valence-corrected chi connectivity index (χ2v) is 4.58. The standard InChI is InChI=1S/C14H12FN3OS/c1-18(11-4-2-3-9(7-11)13(16)20)14(19)12-6-5-10(15)8-17-12/h2-8H,1H3,(H2,16,20). The van der Waals surface area contributed by atoms with Gasteiger partial charge in [0.1, 0.15) is 16.5 Å². The predicted octanol–water partition coefficient (Wildman–Crippen LogP) is 2.13. The highest BCUT2D eigenvalue weighted by atomic mass is 32.1. The Morgan fingerprint density at radius 2 is 2.10 bits per heavy atom. The van der Waals surface area contributed by atoms with Crippen molar-refractivity contribution < 1.29 is 9.18 Å². The maximum Gasteiger partial charge on any atom is 0.276 e. The molecule has 4 nitrogen and oxygen atoms in total. The Kier molecular flexibility index (Phi) is 4.05. The number of carbonyl (C=O) groups is 1. The van der Waals surface area contributed by atoms with Crippen molar-refractivity contribution in [3.05, 3.63) is 59.7 Å². The highest BCUT2D eigenvalue weighted by molar-refractivity contribution is 7.80. The average Bonchev–Trinajstić information content (AvgIpc) is 2.46. The molecule has 1 aromatic heterocycles. The van der Waals surface area contributed by atoms with Crippen molar-refractivity contribution in [3.8, 4) is 0 Å². The third kappa shape index (κ3) is 2.97. The van der Waals surface area contributed by atoms with Crippen molar-refractivity contribution in [2.45, 2.75) is 0 Å². The number of carbonyl (C=O) groups excluding carboxylic acids is 1. The number of nitrogens with zero attached hydrogens (tertiary/aromatic N) is 2. The van der Waals surface area contributed by atoms with Crippen LogP contribution in [-0.2, 0) is 0 Å². The summed E-state index contributed by atoms with van der Waals surface area (Å²) in [5.41, 5.74) is 7.02. The third-order valence-corrected chi connectivity index (χ3v) is 3.00. The molecule has 0 aliphatic heterocycles. The van der Waals surface area contributed by atoms with Crippen LogP contribution in [0.1, 0.15) is 16.1 Å². The number of aromatic nitrogens is 1. The van der Waals surface area contributed by atoms with Gasteiger partial charge >= 0.3 is 0 Å². The quantitative estimate of drug-likeness (QED) is 0.879. The number of thiocarbonyl (C=S) groups is 1. The maximum absolute atomic E-state index is 12.8. The molecule has 0 bridgehead atoms. The van der Waals surface area contributed by atoms with E-state index in [4.69, 9.17) is 18.0 Å². The van der Waals surface area contributed by atoms with Gasteiger partial charge < -0.3 is 10.6 Å². The fraction of sp³-hybridized carbons (Fsp3) is 0.0714. The van der Waals surface area contributed by atoms with Crippen molar-refractivity contribution in [3.63, 3.8) is 0 Å². The van der Waals surface area contributed by atoms with Gasteiger partial charge in [0, 0.05) is 18.3 Å². The average molecular weight is 289 g/mol. The minimum Gasteiger partial charge on any atom is -0.389 e. The van der Waals surface area contributed by atoms with Crippen LogP contribution in [0.4, 0.5) is 10.1 Å². The van der Waals surface area contributed by atoms with E-state index in [1.807, 2.05) is 0 Å². The Balaban J connectivity index is 2.28. The first-order valence-corrected chi connectivity index (χ1v) is 6.19. The van der Waals surface area contributed by atoms with E-state index in [0.717, 1.165) is 6.20 Å². The fourth-order valence-corrected chi connectivity index (χ4v) is 1.79. The molecule has 0 unspecified atom stereocenters. The molecule has 0 atom stereocenters. The fourth-order valence-electron chi connectivity index (χ4n) is 1.66. The van der Waals surface area contributed by atoms with Gasteiger partial charge in [0.05, 0.1) is 6.20 Å². The molecule has 2 rings (SSSR count). The van der Waals surface area contributed by atoms with Gasteiger partial charge in [-0.25, -0.2) is 9.37 Å². The lowest BCUT2D eigenvalue weighted by Crippen LogP contribution is -2.27. The predicted molar refractivity (Wildman–Crippen MR) is 79.3 cm³/mol. The lowest BCUT2D eigenvalue weighted by atomic mass is 10.2. The topological polar surface area (TPSA) is 59.2 Å². The molecule has 0 aliphatic rings.